The highest BCUT2D eigenvalue weighted by Gasteiger charge is 2.20. The summed E-state index contributed by atoms with van der Waals surface area (Å²) in [5.74, 6) is 0.175. The topological polar surface area (TPSA) is 62.5 Å². The molecule has 1 aromatic rings. The first-order valence-electron chi connectivity index (χ1n) is 7.34. The van der Waals surface area contributed by atoms with Gasteiger partial charge in [0, 0.05) is 31.9 Å². The van der Waals surface area contributed by atoms with Crippen molar-refractivity contribution in [3.63, 3.8) is 0 Å². The van der Waals surface area contributed by atoms with E-state index in [1.54, 1.807) is 6.20 Å². The van der Waals surface area contributed by atoms with Gasteiger partial charge in [-0.3, -0.25) is 14.7 Å². The Labute approximate surface area is 120 Å². The van der Waals surface area contributed by atoms with Crippen LogP contribution in [0.3, 0.4) is 0 Å². The quantitative estimate of drug-likeness (QED) is 0.866. The Bertz CT molecular complexity index is 415. The van der Waals surface area contributed by atoms with Gasteiger partial charge in [0.2, 0.25) is 5.91 Å². The van der Waals surface area contributed by atoms with Crippen molar-refractivity contribution < 1.29 is 4.79 Å². The zero-order valence-electron chi connectivity index (χ0n) is 12.2. The Balaban J connectivity index is 1.86. The summed E-state index contributed by atoms with van der Waals surface area (Å²) in [7, 11) is 0. The number of hydrogen-bond acceptors (Lipinski definition) is 4. The molecular weight excluding hydrogens is 252 g/mol. The van der Waals surface area contributed by atoms with Crippen LogP contribution in [0.25, 0.3) is 0 Å². The molecule has 0 spiro atoms. The number of aromatic nitrogens is 1. The second-order valence-corrected chi connectivity index (χ2v) is 5.34. The Morgan fingerprint density at radius 3 is 2.80 bits per heavy atom. The predicted octanol–water partition coefficient (Wildman–Crippen LogP) is 0.853. The molecule has 0 aromatic carbocycles. The summed E-state index contributed by atoms with van der Waals surface area (Å²) < 4.78 is 0. The first-order valence-corrected chi connectivity index (χ1v) is 7.34. The van der Waals surface area contributed by atoms with Gasteiger partial charge >= 0.3 is 0 Å². The third-order valence-corrected chi connectivity index (χ3v) is 3.80. The lowest BCUT2D eigenvalue weighted by Gasteiger charge is -2.31. The fraction of sp³-hybridized carbons (Fsp3) is 0.600. The van der Waals surface area contributed by atoms with Crippen molar-refractivity contribution in [3.8, 4) is 0 Å². The number of rotatable bonds is 5. The second kappa shape index (κ2) is 7.36. The first-order chi connectivity index (χ1) is 9.69. The standard InChI is InChI=1S/C15H24N4O/c1-2-19(11-14-5-3-4-8-17-14)15(20)12-18-9-6-13(16)7-10-18/h3-5,8,13H,2,6-7,9-12,16H2,1H3. The van der Waals surface area contributed by atoms with Gasteiger partial charge in [-0.25, -0.2) is 0 Å². The molecule has 20 heavy (non-hydrogen) atoms. The average Bonchev–Trinajstić information content (AvgIpc) is 2.48. The molecule has 0 bridgehead atoms. The van der Waals surface area contributed by atoms with Crippen molar-refractivity contribution in [2.75, 3.05) is 26.2 Å². The maximum atomic E-state index is 12.4. The normalized spacial score (nSPS) is 17.1. The molecule has 1 aliphatic rings. The molecule has 5 heteroatoms. The van der Waals surface area contributed by atoms with Gasteiger partial charge in [-0.2, -0.15) is 0 Å². The summed E-state index contributed by atoms with van der Waals surface area (Å²) in [4.78, 5) is 20.7. The number of carbonyl (C=O) groups is 1. The molecule has 0 aliphatic carbocycles. The second-order valence-electron chi connectivity index (χ2n) is 5.34. The third-order valence-electron chi connectivity index (χ3n) is 3.80. The van der Waals surface area contributed by atoms with E-state index < -0.39 is 0 Å². The van der Waals surface area contributed by atoms with E-state index in [-0.39, 0.29) is 5.91 Å². The van der Waals surface area contributed by atoms with E-state index >= 15 is 0 Å². The van der Waals surface area contributed by atoms with E-state index in [1.807, 2.05) is 30.0 Å². The SMILES string of the molecule is CCN(Cc1ccccn1)C(=O)CN1CCC(N)CC1. The zero-order chi connectivity index (χ0) is 14.4. The molecule has 0 saturated carbocycles. The summed E-state index contributed by atoms with van der Waals surface area (Å²) in [6.45, 7) is 5.65. The molecule has 2 N–H and O–H groups in total. The number of amides is 1. The predicted molar refractivity (Wildman–Crippen MR) is 79.0 cm³/mol. The van der Waals surface area contributed by atoms with Gasteiger partial charge in [-0.05, 0) is 31.9 Å². The van der Waals surface area contributed by atoms with Crippen LogP contribution >= 0.6 is 0 Å². The molecule has 110 valence electrons. The number of likely N-dealkylation sites (N-methyl/N-ethyl adjacent to an activating group) is 1. The fourth-order valence-corrected chi connectivity index (χ4v) is 2.47. The van der Waals surface area contributed by atoms with Gasteiger partial charge in [0.25, 0.3) is 0 Å². The lowest BCUT2D eigenvalue weighted by Crippen LogP contribution is -2.45. The summed E-state index contributed by atoms with van der Waals surface area (Å²) in [5, 5.41) is 0. The monoisotopic (exact) mass is 276 g/mol. The molecule has 2 rings (SSSR count). The van der Waals surface area contributed by atoms with Crippen molar-refractivity contribution in [3.05, 3.63) is 30.1 Å². The van der Waals surface area contributed by atoms with E-state index in [9.17, 15) is 4.79 Å². The summed E-state index contributed by atoms with van der Waals surface area (Å²) >= 11 is 0. The van der Waals surface area contributed by atoms with Gasteiger partial charge in [0.1, 0.15) is 0 Å². The van der Waals surface area contributed by atoms with Crippen molar-refractivity contribution in [1.82, 2.24) is 14.8 Å². The minimum atomic E-state index is 0.175. The summed E-state index contributed by atoms with van der Waals surface area (Å²) in [6.07, 6.45) is 3.74. The van der Waals surface area contributed by atoms with Gasteiger partial charge < -0.3 is 10.6 Å². The smallest absolute Gasteiger partial charge is 0.237 e. The number of nitrogens with two attached hydrogens (primary N) is 1. The molecule has 2 heterocycles. The van der Waals surface area contributed by atoms with Crippen LogP contribution in [0, 0.1) is 0 Å². The molecule has 1 aromatic heterocycles. The number of carbonyl (C=O) groups excluding carboxylic acids is 1. The minimum absolute atomic E-state index is 0.175. The Morgan fingerprint density at radius 2 is 2.20 bits per heavy atom. The third kappa shape index (κ3) is 4.28. The lowest BCUT2D eigenvalue weighted by molar-refractivity contribution is -0.133. The average molecular weight is 276 g/mol. The van der Waals surface area contributed by atoms with Crippen LogP contribution in [0.2, 0.25) is 0 Å². The summed E-state index contributed by atoms with van der Waals surface area (Å²) in [6, 6.07) is 6.10. The van der Waals surface area contributed by atoms with Crippen LogP contribution < -0.4 is 5.73 Å². The largest absolute Gasteiger partial charge is 0.336 e. The van der Waals surface area contributed by atoms with Crippen molar-refractivity contribution >= 4 is 5.91 Å². The Hall–Kier alpha value is -1.46. The van der Waals surface area contributed by atoms with Gasteiger partial charge in [-0.15, -0.1) is 0 Å². The number of hydrogen-bond donors (Lipinski definition) is 1. The van der Waals surface area contributed by atoms with Crippen LogP contribution in [0.15, 0.2) is 24.4 Å². The van der Waals surface area contributed by atoms with E-state index in [4.69, 9.17) is 5.73 Å². The molecule has 0 radical (unpaired) electrons. The van der Waals surface area contributed by atoms with Crippen LogP contribution in [-0.2, 0) is 11.3 Å². The highest BCUT2D eigenvalue weighted by molar-refractivity contribution is 5.78. The molecule has 1 fully saturated rings. The number of likely N-dealkylation sites (tertiary alicyclic amines) is 1. The fourth-order valence-electron chi connectivity index (χ4n) is 2.47. The highest BCUT2D eigenvalue weighted by atomic mass is 16.2. The zero-order valence-corrected chi connectivity index (χ0v) is 12.2. The summed E-state index contributed by atoms with van der Waals surface area (Å²) in [5.41, 5.74) is 6.82. The number of nitrogens with zero attached hydrogens (tertiary/aromatic N) is 3. The molecule has 1 amide bonds. The van der Waals surface area contributed by atoms with Crippen molar-refractivity contribution in [2.24, 2.45) is 5.73 Å². The van der Waals surface area contributed by atoms with E-state index in [2.05, 4.69) is 9.88 Å². The first kappa shape index (κ1) is 14.9. The van der Waals surface area contributed by atoms with E-state index in [0.29, 0.717) is 25.7 Å². The molecule has 0 atom stereocenters. The lowest BCUT2D eigenvalue weighted by atomic mass is 10.1. The van der Waals surface area contributed by atoms with Gasteiger partial charge in [-0.1, -0.05) is 6.07 Å². The van der Waals surface area contributed by atoms with Crippen molar-refractivity contribution in [1.29, 1.82) is 0 Å². The Morgan fingerprint density at radius 1 is 1.45 bits per heavy atom. The molecule has 1 saturated heterocycles. The maximum Gasteiger partial charge on any atom is 0.237 e. The van der Waals surface area contributed by atoms with Crippen LogP contribution in [0.1, 0.15) is 25.5 Å². The van der Waals surface area contributed by atoms with Crippen LogP contribution in [0.4, 0.5) is 0 Å². The number of pyridine rings is 1. The molecule has 0 unspecified atom stereocenters. The van der Waals surface area contributed by atoms with Crippen molar-refractivity contribution in [2.45, 2.75) is 32.4 Å². The van der Waals surface area contributed by atoms with E-state index in [1.165, 1.54) is 0 Å². The van der Waals surface area contributed by atoms with E-state index in [0.717, 1.165) is 31.6 Å². The molecule has 1 aliphatic heterocycles. The molecule has 5 nitrogen and oxygen atoms in total. The van der Waals surface area contributed by atoms with Crippen LogP contribution in [-0.4, -0.2) is 52.9 Å². The Kier molecular flexibility index (Phi) is 5.49. The van der Waals surface area contributed by atoms with Crippen LogP contribution in [0.5, 0.6) is 0 Å². The van der Waals surface area contributed by atoms with Gasteiger partial charge in [0.15, 0.2) is 0 Å². The maximum absolute atomic E-state index is 12.4. The highest BCUT2D eigenvalue weighted by Crippen LogP contribution is 2.09. The molecular formula is C15H24N4O. The van der Waals surface area contributed by atoms with Gasteiger partial charge in [0.05, 0.1) is 18.8 Å². The number of piperidine rings is 1. The minimum Gasteiger partial charge on any atom is -0.336 e.